The number of amides is 1. The Balaban J connectivity index is 1.59. The highest BCUT2D eigenvalue weighted by Gasteiger charge is 2.24. The van der Waals surface area contributed by atoms with Gasteiger partial charge in [0.15, 0.2) is 0 Å². The van der Waals surface area contributed by atoms with Crippen LogP contribution in [-0.2, 0) is 24.2 Å². The number of rotatable bonds is 4. The fraction of sp³-hybridized carbons (Fsp3) is 0.174. The minimum Gasteiger partial charge on any atom is -0.304 e. The standard InChI is InChI=1S/C23H22N2O/c26-23(17-24-16-18-8-2-1-3-9-18)25-21-12-6-4-10-19(21)14-15-20-11-5-7-13-22(20)25/h1-13,24H,14-17H2. The van der Waals surface area contributed by atoms with E-state index in [1.807, 2.05) is 59.5 Å². The molecule has 1 amide bonds. The van der Waals surface area contributed by atoms with Crippen LogP contribution in [0.5, 0.6) is 0 Å². The normalized spacial score (nSPS) is 12.8. The third kappa shape index (κ3) is 3.39. The van der Waals surface area contributed by atoms with Crippen LogP contribution in [0, 0.1) is 0 Å². The van der Waals surface area contributed by atoms with Crippen molar-refractivity contribution in [2.75, 3.05) is 11.4 Å². The van der Waals surface area contributed by atoms with E-state index in [1.54, 1.807) is 0 Å². The van der Waals surface area contributed by atoms with Crippen molar-refractivity contribution in [3.8, 4) is 0 Å². The van der Waals surface area contributed by atoms with Crippen molar-refractivity contribution < 1.29 is 4.79 Å². The second-order valence-electron chi connectivity index (χ2n) is 6.58. The van der Waals surface area contributed by atoms with Gasteiger partial charge in [-0.3, -0.25) is 9.69 Å². The first kappa shape index (κ1) is 16.6. The fourth-order valence-corrected chi connectivity index (χ4v) is 3.54. The van der Waals surface area contributed by atoms with Gasteiger partial charge < -0.3 is 5.32 Å². The van der Waals surface area contributed by atoms with E-state index in [9.17, 15) is 4.79 Å². The summed E-state index contributed by atoms with van der Waals surface area (Å²) < 4.78 is 0. The molecule has 1 aliphatic heterocycles. The lowest BCUT2D eigenvalue weighted by Crippen LogP contribution is -2.35. The maximum atomic E-state index is 13.1. The van der Waals surface area contributed by atoms with Crippen molar-refractivity contribution in [2.24, 2.45) is 0 Å². The molecule has 3 aromatic rings. The number of fused-ring (bicyclic) bond motifs is 2. The molecule has 3 nitrogen and oxygen atoms in total. The van der Waals surface area contributed by atoms with Crippen LogP contribution < -0.4 is 10.2 Å². The summed E-state index contributed by atoms with van der Waals surface area (Å²) in [4.78, 5) is 15.0. The molecule has 0 spiro atoms. The molecule has 1 heterocycles. The second-order valence-corrected chi connectivity index (χ2v) is 6.58. The number of anilines is 2. The Bertz CT molecular complexity index is 857. The Hall–Kier alpha value is -2.91. The van der Waals surface area contributed by atoms with Crippen molar-refractivity contribution in [1.29, 1.82) is 0 Å². The van der Waals surface area contributed by atoms with Gasteiger partial charge >= 0.3 is 0 Å². The summed E-state index contributed by atoms with van der Waals surface area (Å²) in [5, 5.41) is 3.29. The van der Waals surface area contributed by atoms with Gasteiger partial charge in [0.2, 0.25) is 5.91 Å². The van der Waals surface area contributed by atoms with Crippen LogP contribution in [0.25, 0.3) is 0 Å². The van der Waals surface area contributed by atoms with Gasteiger partial charge in [-0.25, -0.2) is 0 Å². The maximum Gasteiger partial charge on any atom is 0.245 e. The zero-order chi connectivity index (χ0) is 17.8. The Morgan fingerprint density at radius 3 is 1.92 bits per heavy atom. The lowest BCUT2D eigenvalue weighted by atomic mass is 10.0. The van der Waals surface area contributed by atoms with Gasteiger partial charge in [-0.15, -0.1) is 0 Å². The predicted octanol–water partition coefficient (Wildman–Crippen LogP) is 4.24. The van der Waals surface area contributed by atoms with Crippen LogP contribution in [0.2, 0.25) is 0 Å². The number of hydrogen-bond acceptors (Lipinski definition) is 2. The minimum atomic E-state index is 0.0720. The number of aryl methyl sites for hydroxylation is 2. The minimum absolute atomic E-state index is 0.0720. The molecule has 3 heteroatoms. The van der Waals surface area contributed by atoms with E-state index in [-0.39, 0.29) is 5.91 Å². The molecule has 0 atom stereocenters. The van der Waals surface area contributed by atoms with Gasteiger partial charge in [0, 0.05) is 6.54 Å². The third-order valence-corrected chi connectivity index (χ3v) is 4.83. The SMILES string of the molecule is O=C(CNCc1ccccc1)N1c2ccccc2CCc2ccccc21. The molecule has 130 valence electrons. The smallest absolute Gasteiger partial charge is 0.245 e. The van der Waals surface area contributed by atoms with Crippen LogP contribution in [0.1, 0.15) is 16.7 Å². The number of carbonyl (C=O) groups excluding carboxylic acids is 1. The quantitative estimate of drug-likeness (QED) is 0.769. The van der Waals surface area contributed by atoms with E-state index in [0.717, 1.165) is 24.2 Å². The van der Waals surface area contributed by atoms with E-state index < -0.39 is 0 Å². The lowest BCUT2D eigenvalue weighted by molar-refractivity contribution is -0.117. The zero-order valence-corrected chi connectivity index (χ0v) is 14.7. The Morgan fingerprint density at radius 1 is 0.769 bits per heavy atom. The highest BCUT2D eigenvalue weighted by Crippen LogP contribution is 2.35. The maximum absolute atomic E-state index is 13.1. The summed E-state index contributed by atoms with van der Waals surface area (Å²) in [6.45, 7) is 0.987. The molecule has 0 saturated heterocycles. The monoisotopic (exact) mass is 342 g/mol. The van der Waals surface area contributed by atoms with Crippen LogP contribution in [0.15, 0.2) is 78.9 Å². The number of nitrogens with one attached hydrogen (secondary N) is 1. The predicted molar refractivity (Wildman–Crippen MR) is 106 cm³/mol. The number of carbonyl (C=O) groups is 1. The molecule has 0 unspecified atom stereocenters. The molecular weight excluding hydrogens is 320 g/mol. The van der Waals surface area contributed by atoms with Gasteiger partial charge in [0.25, 0.3) is 0 Å². The Labute approximate surface area is 154 Å². The Kier molecular flexibility index (Phi) is 4.80. The molecule has 0 aromatic heterocycles. The molecule has 0 radical (unpaired) electrons. The largest absolute Gasteiger partial charge is 0.304 e. The summed E-state index contributed by atoms with van der Waals surface area (Å²) in [5.41, 5.74) is 5.63. The molecule has 1 N–H and O–H groups in total. The molecule has 26 heavy (non-hydrogen) atoms. The summed E-state index contributed by atoms with van der Waals surface area (Å²) in [6, 6.07) is 26.6. The topological polar surface area (TPSA) is 32.3 Å². The first-order chi connectivity index (χ1) is 12.8. The highest BCUT2D eigenvalue weighted by atomic mass is 16.2. The lowest BCUT2D eigenvalue weighted by Gasteiger charge is -2.25. The number of hydrogen-bond donors (Lipinski definition) is 1. The van der Waals surface area contributed by atoms with Crippen molar-refractivity contribution in [2.45, 2.75) is 19.4 Å². The zero-order valence-electron chi connectivity index (χ0n) is 14.7. The average molecular weight is 342 g/mol. The number of para-hydroxylation sites is 2. The molecule has 3 aromatic carbocycles. The summed E-state index contributed by atoms with van der Waals surface area (Å²) >= 11 is 0. The molecule has 0 saturated carbocycles. The van der Waals surface area contributed by atoms with Crippen molar-refractivity contribution in [1.82, 2.24) is 5.32 Å². The van der Waals surface area contributed by atoms with E-state index in [4.69, 9.17) is 0 Å². The first-order valence-corrected chi connectivity index (χ1v) is 9.06. The van der Waals surface area contributed by atoms with Gasteiger partial charge in [-0.1, -0.05) is 66.7 Å². The average Bonchev–Trinajstić information content (AvgIpc) is 2.85. The van der Waals surface area contributed by atoms with Crippen LogP contribution >= 0.6 is 0 Å². The fourth-order valence-electron chi connectivity index (χ4n) is 3.54. The summed E-state index contributed by atoms with van der Waals surface area (Å²) in [6.07, 6.45) is 1.91. The number of benzene rings is 3. The van der Waals surface area contributed by atoms with Crippen LogP contribution in [-0.4, -0.2) is 12.5 Å². The van der Waals surface area contributed by atoms with Crippen LogP contribution in [0.4, 0.5) is 11.4 Å². The van der Waals surface area contributed by atoms with Gasteiger partial charge in [-0.2, -0.15) is 0 Å². The first-order valence-electron chi connectivity index (χ1n) is 9.06. The third-order valence-electron chi connectivity index (χ3n) is 4.83. The molecular formula is C23H22N2O. The molecule has 1 aliphatic rings. The van der Waals surface area contributed by atoms with E-state index in [0.29, 0.717) is 13.1 Å². The van der Waals surface area contributed by atoms with Gasteiger partial charge in [-0.05, 0) is 41.7 Å². The summed E-state index contributed by atoms with van der Waals surface area (Å²) in [5.74, 6) is 0.0720. The van der Waals surface area contributed by atoms with E-state index >= 15 is 0 Å². The van der Waals surface area contributed by atoms with Crippen molar-refractivity contribution in [3.05, 3.63) is 95.6 Å². The highest BCUT2D eigenvalue weighted by molar-refractivity contribution is 6.03. The van der Waals surface area contributed by atoms with Crippen molar-refractivity contribution in [3.63, 3.8) is 0 Å². The molecule has 0 fully saturated rings. The number of nitrogens with zero attached hydrogens (tertiary/aromatic N) is 1. The van der Waals surface area contributed by atoms with Crippen LogP contribution in [0.3, 0.4) is 0 Å². The van der Waals surface area contributed by atoms with E-state index in [1.165, 1.54) is 16.7 Å². The molecule has 0 bridgehead atoms. The van der Waals surface area contributed by atoms with E-state index in [2.05, 4.69) is 29.6 Å². The van der Waals surface area contributed by atoms with Gasteiger partial charge in [0.1, 0.15) is 0 Å². The Morgan fingerprint density at radius 2 is 1.31 bits per heavy atom. The molecule has 0 aliphatic carbocycles. The second kappa shape index (κ2) is 7.54. The molecule has 4 rings (SSSR count). The summed E-state index contributed by atoms with van der Waals surface area (Å²) in [7, 11) is 0. The van der Waals surface area contributed by atoms with Gasteiger partial charge in [0.05, 0.1) is 17.9 Å². The van der Waals surface area contributed by atoms with Crippen molar-refractivity contribution >= 4 is 17.3 Å².